The topological polar surface area (TPSA) is 53.7 Å². The monoisotopic (exact) mass is 483 g/mol. The number of hydrogen-bond acceptors (Lipinski definition) is 3. The Kier molecular flexibility index (Phi) is 4.67. The predicted molar refractivity (Wildman–Crippen MR) is 125 cm³/mol. The lowest BCUT2D eigenvalue weighted by atomic mass is 10.0. The molecule has 2 aromatic carbocycles. The molecule has 2 N–H and O–H groups in total. The summed E-state index contributed by atoms with van der Waals surface area (Å²) in [5.41, 5.74) is 5.08. The highest BCUT2D eigenvalue weighted by atomic mass is 79.9. The van der Waals surface area contributed by atoms with E-state index < -0.39 is 0 Å². The fourth-order valence-corrected chi connectivity index (χ4v) is 5.12. The second-order valence-electron chi connectivity index (χ2n) is 7.52. The second-order valence-corrected chi connectivity index (χ2v) is 9.30. The van der Waals surface area contributed by atoms with Crippen LogP contribution in [-0.2, 0) is 0 Å². The molecule has 0 radical (unpaired) electrons. The number of nitrogens with one attached hydrogen (secondary N) is 2. The molecule has 0 aliphatic carbocycles. The van der Waals surface area contributed by atoms with Crippen LogP contribution in [0.2, 0.25) is 0 Å². The van der Waals surface area contributed by atoms with E-state index in [9.17, 15) is 4.39 Å². The molecule has 5 aromatic rings. The van der Waals surface area contributed by atoms with Gasteiger partial charge in [0.15, 0.2) is 0 Å². The van der Waals surface area contributed by atoms with E-state index in [1.165, 1.54) is 11.3 Å². The normalized spacial score (nSPS) is 11.8. The summed E-state index contributed by atoms with van der Waals surface area (Å²) < 4.78 is 21.1. The van der Waals surface area contributed by atoms with Crippen molar-refractivity contribution < 1.29 is 9.13 Å². The lowest BCUT2D eigenvalue weighted by Crippen LogP contribution is -1.90. The number of fused-ring (bicyclic) bond motifs is 2. The number of aromatic amines is 2. The molecule has 0 fully saturated rings. The summed E-state index contributed by atoms with van der Waals surface area (Å²) in [7, 11) is 1.66. The summed E-state index contributed by atoms with van der Waals surface area (Å²) in [5.74, 6) is 0.719. The number of H-pyrrole nitrogens is 2. The molecule has 0 atom stereocenters. The van der Waals surface area contributed by atoms with Crippen LogP contribution in [-0.4, -0.2) is 22.1 Å². The van der Waals surface area contributed by atoms with Gasteiger partial charge >= 0.3 is 0 Å². The number of thiazole rings is 1. The van der Waals surface area contributed by atoms with Crippen molar-refractivity contribution >= 4 is 49.1 Å². The first-order valence-corrected chi connectivity index (χ1v) is 11.3. The number of nitrogens with zero attached hydrogens (tertiary/aromatic N) is 1. The van der Waals surface area contributed by atoms with Gasteiger partial charge in [-0.1, -0.05) is 29.8 Å². The molecule has 152 valence electrons. The first-order chi connectivity index (χ1) is 14.5. The molecule has 30 heavy (non-hydrogen) atoms. The number of hydrogen-bond donors (Lipinski definition) is 2. The third-order valence-corrected chi connectivity index (χ3v) is 6.65. The Balaban J connectivity index is 1.70. The average Bonchev–Trinajstić information content (AvgIpc) is 3.41. The molecule has 4 nitrogen and oxygen atoms in total. The van der Waals surface area contributed by atoms with Crippen LogP contribution in [0.4, 0.5) is 4.39 Å². The van der Waals surface area contributed by atoms with Crippen molar-refractivity contribution in [3.8, 4) is 27.6 Å². The lowest BCUT2D eigenvalue weighted by molar-refractivity contribution is 0.415. The van der Waals surface area contributed by atoms with Crippen LogP contribution in [0.25, 0.3) is 43.6 Å². The van der Waals surface area contributed by atoms with E-state index in [0.717, 1.165) is 48.3 Å². The maximum Gasteiger partial charge on any atom is 0.201 e. The Hall–Kier alpha value is -2.64. The van der Waals surface area contributed by atoms with Crippen LogP contribution < -0.4 is 4.74 Å². The van der Waals surface area contributed by atoms with Crippen molar-refractivity contribution in [2.24, 2.45) is 0 Å². The molecule has 0 aliphatic rings. The molecule has 0 saturated carbocycles. The van der Waals surface area contributed by atoms with Crippen molar-refractivity contribution in [3.05, 3.63) is 57.9 Å². The van der Waals surface area contributed by atoms with Gasteiger partial charge in [0.05, 0.1) is 23.9 Å². The van der Waals surface area contributed by atoms with E-state index in [4.69, 9.17) is 9.72 Å². The highest BCUT2D eigenvalue weighted by molar-refractivity contribution is 9.10. The zero-order chi connectivity index (χ0) is 21.0. The molecular weight excluding hydrogens is 465 g/mol. The van der Waals surface area contributed by atoms with Gasteiger partial charge in [-0.2, -0.15) is 4.39 Å². The minimum Gasteiger partial charge on any atom is -0.497 e. The molecule has 0 amide bonds. The highest BCUT2D eigenvalue weighted by Gasteiger charge is 2.22. The summed E-state index contributed by atoms with van der Waals surface area (Å²) in [5, 5.41) is 4.69. The van der Waals surface area contributed by atoms with Crippen molar-refractivity contribution in [3.63, 3.8) is 0 Å². The van der Waals surface area contributed by atoms with Crippen molar-refractivity contribution in [2.45, 2.75) is 19.8 Å². The Morgan fingerprint density at radius 3 is 2.63 bits per heavy atom. The Labute approximate surface area is 185 Å². The van der Waals surface area contributed by atoms with Crippen molar-refractivity contribution in [2.75, 3.05) is 7.11 Å². The van der Waals surface area contributed by atoms with Crippen LogP contribution >= 0.6 is 27.3 Å². The molecule has 0 saturated heterocycles. The number of methoxy groups -OCH3 is 1. The standard InChI is InChI=1S/C23H19BrFN3OS/c1-11(2)21-20(14-6-5-13(29-3)9-17(14)26-21)23-28-18(10-30-23)19-15-8-12(24)4-7-16(15)27-22(19)25/h4-11,26-27H,1-3H3. The smallest absolute Gasteiger partial charge is 0.201 e. The molecule has 0 unspecified atom stereocenters. The number of aromatic nitrogens is 3. The van der Waals surface area contributed by atoms with Gasteiger partial charge in [0.25, 0.3) is 0 Å². The quantitative estimate of drug-likeness (QED) is 0.278. The summed E-state index contributed by atoms with van der Waals surface area (Å²) in [4.78, 5) is 11.2. The van der Waals surface area contributed by atoms with Gasteiger partial charge in [0, 0.05) is 43.5 Å². The van der Waals surface area contributed by atoms with Gasteiger partial charge in [-0.15, -0.1) is 11.3 Å². The maximum absolute atomic E-state index is 14.8. The van der Waals surface area contributed by atoms with E-state index >= 15 is 0 Å². The average molecular weight is 484 g/mol. The van der Waals surface area contributed by atoms with Gasteiger partial charge in [-0.05, 0) is 36.2 Å². The van der Waals surface area contributed by atoms with E-state index in [0.29, 0.717) is 11.3 Å². The highest BCUT2D eigenvalue weighted by Crippen LogP contribution is 2.41. The van der Waals surface area contributed by atoms with Crippen LogP contribution in [0, 0.1) is 5.95 Å². The Morgan fingerprint density at radius 2 is 1.87 bits per heavy atom. The zero-order valence-electron chi connectivity index (χ0n) is 16.6. The molecule has 3 heterocycles. The minimum atomic E-state index is -0.368. The summed E-state index contributed by atoms with van der Waals surface area (Å²) in [6.07, 6.45) is 0. The minimum absolute atomic E-state index is 0.284. The number of ether oxygens (including phenoxy) is 1. The fraction of sp³-hybridized carbons (Fsp3) is 0.174. The predicted octanol–water partition coefficient (Wildman–Crippen LogP) is 7.47. The molecule has 0 spiro atoms. The van der Waals surface area contributed by atoms with Gasteiger partial charge in [-0.25, -0.2) is 4.98 Å². The van der Waals surface area contributed by atoms with E-state index in [2.05, 4.69) is 45.8 Å². The van der Waals surface area contributed by atoms with Gasteiger partial charge in [-0.3, -0.25) is 0 Å². The molecule has 7 heteroatoms. The molecular formula is C23H19BrFN3OS. The lowest BCUT2D eigenvalue weighted by Gasteiger charge is -2.05. The molecule has 0 aliphatic heterocycles. The van der Waals surface area contributed by atoms with Crippen molar-refractivity contribution in [1.82, 2.24) is 15.0 Å². The molecule has 3 aromatic heterocycles. The first-order valence-electron chi connectivity index (χ1n) is 9.59. The van der Waals surface area contributed by atoms with Crippen LogP contribution in [0.15, 0.2) is 46.3 Å². The van der Waals surface area contributed by atoms with E-state index in [-0.39, 0.29) is 11.9 Å². The summed E-state index contributed by atoms with van der Waals surface area (Å²) in [6.45, 7) is 4.30. The van der Waals surface area contributed by atoms with Crippen molar-refractivity contribution in [1.29, 1.82) is 0 Å². The molecule has 0 bridgehead atoms. The van der Waals surface area contributed by atoms with Crippen LogP contribution in [0.3, 0.4) is 0 Å². The Morgan fingerprint density at radius 1 is 1.03 bits per heavy atom. The summed E-state index contributed by atoms with van der Waals surface area (Å²) >= 11 is 5.01. The number of rotatable bonds is 4. The largest absolute Gasteiger partial charge is 0.497 e. The third-order valence-electron chi connectivity index (χ3n) is 5.30. The molecule has 5 rings (SSSR count). The first kappa shape index (κ1) is 19.3. The van der Waals surface area contributed by atoms with Gasteiger partial charge in [0.1, 0.15) is 10.8 Å². The maximum atomic E-state index is 14.8. The van der Waals surface area contributed by atoms with E-state index in [1.54, 1.807) is 7.11 Å². The zero-order valence-corrected chi connectivity index (χ0v) is 19.0. The number of halogens is 2. The number of benzene rings is 2. The van der Waals surface area contributed by atoms with Gasteiger partial charge in [0.2, 0.25) is 5.95 Å². The van der Waals surface area contributed by atoms with E-state index in [1.807, 2.05) is 35.7 Å². The SMILES string of the molecule is COc1ccc2c(-c3nc(-c4c(F)[nH]c5ccc(Br)cc45)cs3)c(C(C)C)[nH]c2c1. The second kappa shape index (κ2) is 7.25. The van der Waals surface area contributed by atoms with Crippen LogP contribution in [0.5, 0.6) is 5.75 Å². The van der Waals surface area contributed by atoms with Crippen LogP contribution in [0.1, 0.15) is 25.5 Å². The van der Waals surface area contributed by atoms with Gasteiger partial charge < -0.3 is 14.7 Å². The summed E-state index contributed by atoms with van der Waals surface area (Å²) in [6, 6.07) is 11.7. The fourth-order valence-electron chi connectivity index (χ4n) is 3.87. The third kappa shape index (κ3) is 3.04. The Bertz CT molecular complexity index is 1400.